The van der Waals surface area contributed by atoms with Crippen molar-refractivity contribution in [1.29, 1.82) is 0 Å². The van der Waals surface area contributed by atoms with Crippen molar-refractivity contribution in [2.45, 2.75) is 12.3 Å². The van der Waals surface area contributed by atoms with E-state index in [2.05, 4.69) is 4.74 Å². The van der Waals surface area contributed by atoms with Crippen molar-refractivity contribution in [3.63, 3.8) is 0 Å². The Labute approximate surface area is 104 Å². The molecular formula is C11H8F6O2. The molecule has 2 nitrogen and oxygen atoms in total. The van der Waals surface area contributed by atoms with Gasteiger partial charge in [-0.3, -0.25) is 4.79 Å². The van der Waals surface area contributed by atoms with Gasteiger partial charge in [0.25, 0.3) is 0 Å². The summed E-state index contributed by atoms with van der Waals surface area (Å²) in [6.45, 7) is -2.68. The summed E-state index contributed by atoms with van der Waals surface area (Å²) in [7, 11) is 0. The molecule has 1 aromatic carbocycles. The Kier molecular flexibility index (Phi) is 4.93. The molecule has 0 bridgehead atoms. The molecule has 8 heteroatoms. The molecule has 19 heavy (non-hydrogen) atoms. The third kappa shape index (κ3) is 4.23. The van der Waals surface area contributed by atoms with Gasteiger partial charge in [0.2, 0.25) is 0 Å². The number of rotatable bonds is 6. The van der Waals surface area contributed by atoms with E-state index in [9.17, 15) is 31.1 Å². The van der Waals surface area contributed by atoms with Gasteiger partial charge in [0.05, 0.1) is 5.56 Å². The predicted molar refractivity (Wildman–Crippen MR) is 52.5 cm³/mol. The van der Waals surface area contributed by atoms with E-state index in [0.29, 0.717) is 6.07 Å². The topological polar surface area (TPSA) is 26.3 Å². The number of halogens is 6. The third-order valence-electron chi connectivity index (χ3n) is 2.08. The lowest BCUT2D eigenvalue weighted by Crippen LogP contribution is -2.33. The number of carbonyl (C=O) groups is 1. The number of alkyl halides is 4. The van der Waals surface area contributed by atoms with Crippen LogP contribution in [0.4, 0.5) is 26.3 Å². The highest BCUT2D eigenvalue weighted by Crippen LogP contribution is 2.23. The quantitative estimate of drug-likeness (QED) is 0.593. The van der Waals surface area contributed by atoms with Crippen LogP contribution >= 0.6 is 0 Å². The normalized spacial score (nSPS) is 11.9. The number of ether oxygens (including phenoxy) is 1. The van der Waals surface area contributed by atoms with Gasteiger partial charge in [-0.15, -0.1) is 0 Å². The van der Waals surface area contributed by atoms with Crippen molar-refractivity contribution in [1.82, 2.24) is 0 Å². The molecule has 0 aliphatic heterocycles. The standard InChI is InChI=1S/C11H8F6O2/c12-6-1-2-7(8(13)3-6)9(18)4-19-5-11(16,17)10(14)15/h1-3,10H,4-5H2. The van der Waals surface area contributed by atoms with Crippen molar-refractivity contribution >= 4 is 5.78 Å². The van der Waals surface area contributed by atoms with E-state index in [1.807, 2.05) is 0 Å². The summed E-state index contributed by atoms with van der Waals surface area (Å²) >= 11 is 0. The van der Waals surface area contributed by atoms with Crippen LogP contribution in [0.3, 0.4) is 0 Å². The lowest BCUT2D eigenvalue weighted by atomic mass is 10.1. The highest BCUT2D eigenvalue weighted by atomic mass is 19.3. The molecule has 0 aromatic heterocycles. The van der Waals surface area contributed by atoms with Gasteiger partial charge in [-0.2, -0.15) is 8.78 Å². The fourth-order valence-electron chi connectivity index (χ4n) is 1.14. The molecule has 0 radical (unpaired) electrons. The van der Waals surface area contributed by atoms with Crippen molar-refractivity contribution < 1.29 is 35.9 Å². The Bertz CT molecular complexity index is 460. The molecule has 0 atom stereocenters. The van der Waals surface area contributed by atoms with Gasteiger partial charge in [0, 0.05) is 6.07 Å². The summed E-state index contributed by atoms with van der Waals surface area (Å²) in [6, 6.07) is 2.03. The summed E-state index contributed by atoms with van der Waals surface area (Å²) in [6.07, 6.45) is -3.93. The Morgan fingerprint density at radius 2 is 1.89 bits per heavy atom. The average molecular weight is 286 g/mol. The smallest absolute Gasteiger partial charge is 0.330 e. The zero-order valence-electron chi connectivity index (χ0n) is 9.31. The van der Waals surface area contributed by atoms with Crippen LogP contribution in [0.1, 0.15) is 10.4 Å². The summed E-state index contributed by atoms with van der Waals surface area (Å²) in [4.78, 5) is 11.3. The van der Waals surface area contributed by atoms with E-state index in [0.717, 1.165) is 12.1 Å². The van der Waals surface area contributed by atoms with Crippen LogP contribution in [0.5, 0.6) is 0 Å². The minimum Gasteiger partial charge on any atom is -0.367 e. The van der Waals surface area contributed by atoms with Gasteiger partial charge in [-0.1, -0.05) is 0 Å². The summed E-state index contributed by atoms with van der Waals surface area (Å²) in [5.41, 5.74) is -0.568. The second kappa shape index (κ2) is 6.05. The fourth-order valence-corrected chi connectivity index (χ4v) is 1.14. The summed E-state index contributed by atoms with van der Waals surface area (Å²) < 4.78 is 78.1. The highest BCUT2D eigenvalue weighted by molar-refractivity contribution is 5.97. The molecule has 0 saturated carbocycles. The van der Waals surface area contributed by atoms with E-state index in [4.69, 9.17) is 0 Å². The Balaban J connectivity index is 2.57. The second-order valence-corrected chi connectivity index (χ2v) is 3.60. The van der Waals surface area contributed by atoms with Crippen molar-refractivity contribution in [2.75, 3.05) is 13.2 Å². The Morgan fingerprint density at radius 1 is 1.26 bits per heavy atom. The van der Waals surface area contributed by atoms with E-state index >= 15 is 0 Å². The maximum Gasteiger partial charge on any atom is 0.330 e. The van der Waals surface area contributed by atoms with Crippen LogP contribution in [0.15, 0.2) is 18.2 Å². The molecule has 0 aliphatic rings. The van der Waals surface area contributed by atoms with Crippen LogP contribution in [-0.4, -0.2) is 31.3 Å². The van der Waals surface area contributed by atoms with Crippen molar-refractivity contribution in [3.05, 3.63) is 35.4 Å². The molecule has 0 aliphatic carbocycles. The van der Waals surface area contributed by atoms with Crippen LogP contribution < -0.4 is 0 Å². The van der Waals surface area contributed by atoms with Gasteiger partial charge >= 0.3 is 12.3 Å². The van der Waals surface area contributed by atoms with E-state index in [1.54, 1.807) is 0 Å². The number of benzene rings is 1. The summed E-state index contributed by atoms with van der Waals surface area (Å²) in [5.74, 6) is -7.54. The van der Waals surface area contributed by atoms with Crippen molar-refractivity contribution in [3.8, 4) is 0 Å². The first kappa shape index (κ1) is 15.5. The zero-order valence-corrected chi connectivity index (χ0v) is 9.31. The molecular weight excluding hydrogens is 278 g/mol. The average Bonchev–Trinajstić information content (AvgIpc) is 2.28. The molecule has 106 valence electrons. The van der Waals surface area contributed by atoms with Gasteiger partial charge in [-0.05, 0) is 12.1 Å². The number of hydrogen-bond donors (Lipinski definition) is 0. The molecule has 0 N–H and O–H groups in total. The molecule has 0 amide bonds. The number of Topliss-reactive ketones (excluding diaryl/α,β-unsaturated/α-hetero) is 1. The maximum atomic E-state index is 13.1. The monoisotopic (exact) mass is 286 g/mol. The lowest BCUT2D eigenvalue weighted by Gasteiger charge is -2.14. The largest absolute Gasteiger partial charge is 0.367 e. The van der Waals surface area contributed by atoms with Gasteiger partial charge in [0.1, 0.15) is 24.8 Å². The predicted octanol–water partition coefficient (Wildman–Crippen LogP) is 3.06. The number of carbonyl (C=O) groups excluding carboxylic acids is 1. The van der Waals surface area contributed by atoms with Crippen LogP contribution in [-0.2, 0) is 4.74 Å². The zero-order chi connectivity index (χ0) is 14.6. The Hall–Kier alpha value is -1.57. The molecule has 0 heterocycles. The third-order valence-corrected chi connectivity index (χ3v) is 2.08. The first-order valence-corrected chi connectivity index (χ1v) is 4.96. The molecule has 0 unspecified atom stereocenters. The first-order valence-electron chi connectivity index (χ1n) is 4.96. The number of ketones is 1. The van der Waals surface area contributed by atoms with E-state index in [1.165, 1.54) is 0 Å². The fraction of sp³-hybridized carbons (Fsp3) is 0.364. The highest BCUT2D eigenvalue weighted by Gasteiger charge is 2.41. The van der Waals surface area contributed by atoms with Gasteiger partial charge in [-0.25, -0.2) is 17.6 Å². The maximum absolute atomic E-state index is 13.1. The van der Waals surface area contributed by atoms with Crippen molar-refractivity contribution in [2.24, 2.45) is 0 Å². The summed E-state index contributed by atoms with van der Waals surface area (Å²) in [5, 5.41) is 0. The van der Waals surface area contributed by atoms with Gasteiger partial charge in [0.15, 0.2) is 5.78 Å². The molecule has 1 rings (SSSR count). The second-order valence-electron chi connectivity index (χ2n) is 3.60. The Morgan fingerprint density at radius 3 is 2.42 bits per heavy atom. The van der Waals surface area contributed by atoms with E-state index < -0.39 is 48.5 Å². The lowest BCUT2D eigenvalue weighted by molar-refractivity contribution is -0.163. The number of hydrogen-bond acceptors (Lipinski definition) is 2. The SMILES string of the molecule is O=C(COCC(F)(F)C(F)F)c1ccc(F)cc1F. The van der Waals surface area contributed by atoms with Gasteiger partial charge < -0.3 is 4.74 Å². The van der Waals surface area contributed by atoms with Crippen LogP contribution in [0, 0.1) is 11.6 Å². The minimum absolute atomic E-state index is 0.432. The molecule has 1 aromatic rings. The molecule has 0 spiro atoms. The van der Waals surface area contributed by atoms with Crippen LogP contribution in [0.2, 0.25) is 0 Å². The minimum atomic E-state index is -4.39. The molecule has 0 saturated heterocycles. The molecule has 0 fully saturated rings. The first-order chi connectivity index (χ1) is 8.74. The van der Waals surface area contributed by atoms with E-state index in [-0.39, 0.29) is 0 Å². The van der Waals surface area contributed by atoms with Crippen LogP contribution in [0.25, 0.3) is 0 Å².